The molecule has 0 bridgehead atoms. The van der Waals surface area contributed by atoms with Crippen molar-refractivity contribution in [1.29, 1.82) is 0 Å². The van der Waals surface area contributed by atoms with Gasteiger partial charge in [-0.25, -0.2) is 0 Å². The molecule has 1 saturated heterocycles. The Morgan fingerprint density at radius 1 is 1.04 bits per heavy atom. The molecule has 0 aromatic heterocycles. The average Bonchev–Trinajstić information content (AvgIpc) is 2.61. The Morgan fingerprint density at radius 2 is 1.72 bits per heavy atom. The first kappa shape index (κ1) is 17.1. The van der Waals surface area contributed by atoms with Crippen LogP contribution in [0.3, 0.4) is 0 Å². The first-order chi connectivity index (χ1) is 12.0. The van der Waals surface area contributed by atoms with Gasteiger partial charge in [0.1, 0.15) is 11.5 Å². The maximum absolute atomic E-state index is 12.3. The van der Waals surface area contributed by atoms with E-state index in [1.165, 1.54) is 16.8 Å². The van der Waals surface area contributed by atoms with E-state index in [1.807, 2.05) is 4.90 Å². The number of piperazine rings is 1. The van der Waals surface area contributed by atoms with Gasteiger partial charge in [-0.2, -0.15) is 0 Å². The van der Waals surface area contributed by atoms with Crippen LogP contribution in [-0.2, 0) is 4.79 Å². The summed E-state index contributed by atoms with van der Waals surface area (Å²) in [6, 6.07) is 12.9. The number of carbonyl (C=O) groups excluding carboxylic acids is 1. The van der Waals surface area contributed by atoms with Crippen molar-refractivity contribution in [2.24, 2.45) is 0 Å². The zero-order chi connectivity index (χ0) is 17.8. The predicted molar refractivity (Wildman–Crippen MR) is 98.3 cm³/mol. The number of aryl methyl sites for hydroxylation is 2. The number of anilines is 1. The lowest BCUT2D eigenvalue weighted by atomic mass is 10.1. The van der Waals surface area contributed by atoms with Gasteiger partial charge < -0.3 is 19.6 Å². The molecule has 2 aromatic carbocycles. The van der Waals surface area contributed by atoms with Gasteiger partial charge in [-0.15, -0.1) is 0 Å². The van der Waals surface area contributed by atoms with E-state index in [4.69, 9.17) is 4.74 Å². The van der Waals surface area contributed by atoms with E-state index in [0.717, 1.165) is 13.1 Å². The standard InChI is InChI=1S/C20H24N2O3/c1-15-3-8-19(16(2)13-15)21-9-11-22(12-10-21)20(24)14-25-18-6-4-17(23)5-7-18/h3-8,13,23H,9-12,14H2,1-2H3. The molecule has 132 valence electrons. The second kappa shape index (κ2) is 7.47. The van der Waals surface area contributed by atoms with E-state index in [-0.39, 0.29) is 18.3 Å². The molecule has 5 heteroatoms. The van der Waals surface area contributed by atoms with Crippen molar-refractivity contribution in [2.75, 3.05) is 37.7 Å². The molecule has 2 aromatic rings. The SMILES string of the molecule is Cc1ccc(N2CCN(C(=O)COc3ccc(O)cc3)CC2)c(C)c1. The number of phenols is 1. The van der Waals surface area contributed by atoms with Crippen molar-refractivity contribution >= 4 is 11.6 Å². The average molecular weight is 340 g/mol. The van der Waals surface area contributed by atoms with Crippen molar-refractivity contribution in [2.45, 2.75) is 13.8 Å². The fraction of sp³-hybridized carbons (Fsp3) is 0.350. The van der Waals surface area contributed by atoms with Crippen LogP contribution in [0, 0.1) is 13.8 Å². The molecule has 0 atom stereocenters. The Bertz CT molecular complexity index is 735. The molecule has 1 amide bonds. The summed E-state index contributed by atoms with van der Waals surface area (Å²) >= 11 is 0. The summed E-state index contributed by atoms with van der Waals surface area (Å²) in [6.07, 6.45) is 0. The molecule has 0 spiro atoms. The van der Waals surface area contributed by atoms with Crippen LogP contribution < -0.4 is 9.64 Å². The lowest BCUT2D eigenvalue weighted by molar-refractivity contribution is -0.133. The summed E-state index contributed by atoms with van der Waals surface area (Å²) in [5.74, 6) is 0.759. The van der Waals surface area contributed by atoms with Crippen molar-refractivity contribution in [3.05, 3.63) is 53.6 Å². The molecule has 3 rings (SSSR count). The molecule has 0 radical (unpaired) electrons. The fourth-order valence-electron chi connectivity index (χ4n) is 3.14. The zero-order valence-corrected chi connectivity index (χ0v) is 14.7. The second-order valence-corrected chi connectivity index (χ2v) is 6.44. The molecule has 0 saturated carbocycles. The molecule has 5 nitrogen and oxygen atoms in total. The summed E-state index contributed by atoms with van der Waals surface area (Å²) < 4.78 is 5.50. The van der Waals surface area contributed by atoms with Gasteiger partial charge in [0.2, 0.25) is 0 Å². The number of ether oxygens (including phenoxy) is 1. The summed E-state index contributed by atoms with van der Waals surface area (Å²) in [7, 11) is 0. The lowest BCUT2D eigenvalue weighted by Crippen LogP contribution is -2.50. The summed E-state index contributed by atoms with van der Waals surface area (Å²) in [4.78, 5) is 16.5. The smallest absolute Gasteiger partial charge is 0.260 e. The van der Waals surface area contributed by atoms with Gasteiger partial charge in [0.05, 0.1) is 0 Å². The number of phenolic OH excluding ortho intramolecular Hbond substituents is 1. The molecule has 1 aliphatic heterocycles. The van der Waals surface area contributed by atoms with E-state index in [1.54, 1.807) is 24.3 Å². The van der Waals surface area contributed by atoms with Crippen LogP contribution in [0.5, 0.6) is 11.5 Å². The highest BCUT2D eigenvalue weighted by molar-refractivity contribution is 5.78. The Kier molecular flexibility index (Phi) is 5.12. The first-order valence-corrected chi connectivity index (χ1v) is 8.55. The maximum Gasteiger partial charge on any atom is 0.260 e. The minimum absolute atomic E-state index is 0.00615. The van der Waals surface area contributed by atoms with Crippen molar-refractivity contribution in [3.8, 4) is 11.5 Å². The Balaban J connectivity index is 1.51. The normalized spacial score (nSPS) is 14.5. The van der Waals surface area contributed by atoms with Crippen LogP contribution in [0.1, 0.15) is 11.1 Å². The zero-order valence-electron chi connectivity index (χ0n) is 14.7. The van der Waals surface area contributed by atoms with E-state index in [0.29, 0.717) is 18.8 Å². The summed E-state index contributed by atoms with van der Waals surface area (Å²) in [5.41, 5.74) is 3.79. The molecule has 1 heterocycles. The molecular formula is C20H24N2O3. The molecule has 1 N–H and O–H groups in total. The molecule has 1 aliphatic rings. The first-order valence-electron chi connectivity index (χ1n) is 8.55. The number of hydrogen-bond acceptors (Lipinski definition) is 4. The third-order valence-corrected chi connectivity index (χ3v) is 4.52. The highest BCUT2D eigenvalue weighted by atomic mass is 16.5. The molecule has 0 aliphatic carbocycles. The van der Waals surface area contributed by atoms with Crippen molar-refractivity contribution < 1.29 is 14.6 Å². The monoisotopic (exact) mass is 340 g/mol. The Morgan fingerprint density at radius 3 is 2.36 bits per heavy atom. The third kappa shape index (κ3) is 4.24. The van der Waals surface area contributed by atoms with Gasteiger partial charge >= 0.3 is 0 Å². The number of carbonyl (C=O) groups is 1. The third-order valence-electron chi connectivity index (χ3n) is 4.52. The van der Waals surface area contributed by atoms with Crippen LogP contribution in [0.2, 0.25) is 0 Å². The van der Waals surface area contributed by atoms with Gasteiger partial charge in [-0.1, -0.05) is 17.7 Å². The molecule has 0 unspecified atom stereocenters. The lowest BCUT2D eigenvalue weighted by Gasteiger charge is -2.36. The van der Waals surface area contributed by atoms with Crippen LogP contribution in [0.4, 0.5) is 5.69 Å². The van der Waals surface area contributed by atoms with Crippen molar-refractivity contribution in [1.82, 2.24) is 4.90 Å². The number of hydrogen-bond donors (Lipinski definition) is 1. The number of rotatable bonds is 4. The quantitative estimate of drug-likeness (QED) is 0.930. The van der Waals surface area contributed by atoms with Gasteiger partial charge in [0.25, 0.3) is 5.91 Å². The van der Waals surface area contributed by atoms with E-state index in [2.05, 4.69) is 36.9 Å². The molecule has 25 heavy (non-hydrogen) atoms. The van der Waals surface area contributed by atoms with E-state index >= 15 is 0 Å². The topological polar surface area (TPSA) is 53.0 Å². The second-order valence-electron chi connectivity index (χ2n) is 6.44. The van der Waals surface area contributed by atoms with Crippen molar-refractivity contribution in [3.63, 3.8) is 0 Å². The summed E-state index contributed by atoms with van der Waals surface area (Å²) in [5, 5.41) is 9.26. The van der Waals surface area contributed by atoms with Gasteiger partial charge in [-0.05, 0) is 49.7 Å². The fourth-order valence-corrected chi connectivity index (χ4v) is 3.14. The number of amides is 1. The number of benzene rings is 2. The van der Waals surface area contributed by atoms with Crippen LogP contribution >= 0.6 is 0 Å². The Labute approximate surface area is 148 Å². The Hall–Kier alpha value is -2.69. The van der Waals surface area contributed by atoms with Crippen LogP contribution in [0.25, 0.3) is 0 Å². The van der Waals surface area contributed by atoms with Gasteiger partial charge in [0, 0.05) is 31.9 Å². The predicted octanol–water partition coefficient (Wildman–Crippen LogP) is 2.74. The van der Waals surface area contributed by atoms with Crippen LogP contribution in [-0.4, -0.2) is 48.7 Å². The highest BCUT2D eigenvalue weighted by Gasteiger charge is 2.22. The molecular weight excluding hydrogens is 316 g/mol. The van der Waals surface area contributed by atoms with Gasteiger partial charge in [-0.3, -0.25) is 4.79 Å². The minimum Gasteiger partial charge on any atom is -0.508 e. The molecule has 1 fully saturated rings. The van der Waals surface area contributed by atoms with Crippen LogP contribution in [0.15, 0.2) is 42.5 Å². The van der Waals surface area contributed by atoms with E-state index in [9.17, 15) is 9.90 Å². The largest absolute Gasteiger partial charge is 0.508 e. The summed E-state index contributed by atoms with van der Waals surface area (Å²) in [6.45, 7) is 7.31. The number of nitrogens with zero attached hydrogens (tertiary/aromatic N) is 2. The van der Waals surface area contributed by atoms with Gasteiger partial charge in [0.15, 0.2) is 6.61 Å². The van der Waals surface area contributed by atoms with E-state index < -0.39 is 0 Å². The highest BCUT2D eigenvalue weighted by Crippen LogP contribution is 2.22. The number of aromatic hydroxyl groups is 1. The minimum atomic E-state index is -0.00615. The maximum atomic E-state index is 12.3.